The van der Waals surface area contributed by atoms with Crippen LogP contribution in [0.25, 0.3) is 43.3 Å². The number of nitrogens with one attached hydrogen (secondary N) is 2. The molecule has 0 radical (unpaired) electrons. The number of carbonyl (C=O) groups excluding carboxylic acids is 1. The molecule has 39 heavy (non-hydrogen) atoms. The van der Waals surface area contributed by atoms with Crippen molar-refractivity contribution in [2.24, 2.45) is 0 Å². The van der Waals surface area contributed by atoms with Crippen molar-refractivity contribution >= 4 is 60.2 Å². The Morgan fingerprint density at radius 3 is 2.77 bits per heavy atom. The van der Waals surface area contributed by atoms with Gasteiger partial charge in [0, 0.05) is 24.2 Å². The van der Waals surface area contributed by atoms with Crippen molar-refractivity contribution < 1.29 is 9.18 Å². The van der Waals surface area contributed by atoms with Gasteiger partial charge in [-0.3, -0.25) is 10.2 Å². The molecule has 0 aliphatic rings. The highest BCUT2D eigenvalue weighted by molar-refractivity contribution is 7.22. The first-order valence-electron chi connectivity index (χ1n) is 12.2. The van der Waals surface area contributed by atoms with Gasteiger partial charge in [-0.1, -0.05) is 29.5 Å². The molecule has 0 bridgehead atoms. The van der Waals surface area contributed by atoms with Crippen LogP contribution in [-0.2, 0) is 11.3 Å². The molecular formula is C27H24FN9OS. The normalized spacial score (nSPS) is 11.7. The molecule has 6 aromatic rings. The SMILES string of the molecule is CC(=O)Nc1nc2ccc(-c3nn(Cc4cc5cccc(F)c5c(=N)n4C(C)C)c4ncnc(N)c34)cc2s1. The molecule has 2 aromatic carbocycles. The molecule has 196 valence electrons. The van der Waals surface area contributed by atoms with Crippen molar-refractivity contribution in [3.63, 3.8) is 0 Å². The monoisotopic (exact) mass is 541 g/mol. The summed E-state index contributed by atoms with van der Waals surface area (Å²) in [6.45, 7) is 5.64. The van der Waals surface area contributed by atoms with Crippen molar-refractivity contribution in [1.29, 1.82) is 5.41 Å². The fourth-order valence-corrected chi connectivity index (χ4v) is 5.86. The fourth-order valence-electron chi connectivity index (χ4n) is 4.91. The molecule has 0 spiro atoms. The predicted molar refractivity (Wildman–Crippen MR) is 150 cm³/mol. The summed E-state index contributed by atoms with van der Waals surface area (Å²) in [7, 11) is 0. The van der Waals surface area contributed by atoms with E-state index in [-0.39, 0.29) is 29.4 Å². The van der Waals surface area contributed by atoms with E-state index in [1.165, 1.54) is 30.7 Å². The van der Waals surface area contributed by atoms with E-state index in [4.69, 9.17) is 16.2 Å². The molecule has 0 fully saturated rings. The number of nitrogen functional groups attached to an aromatic ring is 1. The molecule has 4 N–H and O–H groups in total. The Bertz CT molecular complexity index is 1990. The Hall–Kier alpha value is -4.71. The van der Waals surface area contributed by atoms with Crippen LogP contribution >= 0.6 is 11.3 Å². The maximum Gasteiger partial charge on any atom is 0.223 e. The maximum atomic E-state index is 14.7. The molecule has 6 rings (SSSR count). The van der Waals surface area contributed by atoms with Crippen molar-refractivity contribution in [3.8, 4) is 11.3 Å². The molecule has 4 aromatic heterocycles. The van der Waals surface area contributed by atoms with Gasteiger partial charge in [0.25, 0.3) is 0 Å². The maximum absolute atomic E-state index is 14.7. The van der Waals surface area contributed by atoms with Gasteiger partial charge in [0.2, 0.25) is 5.91 Å². The van der Waals surface area contributed by atoms with Crippen molar-refractivity contribution in [2.45, 2.75) is 33.4 Å². The van der Waals surface area contributed by atoms with E-state index < -0.39 is 5.82 Å². The third-order valence-electron chi connectivity index (χ3n) is 6.49. The third-order valence-corrected chi connectivity index (χ3v) is 7.42. The van der Waals surface area contributed by atoms with E-state index in [0.29, 0.717) is 33.1 Å². The van der Waals surface area contributed by atoms with Crippen LogP contribution in [0.4, 0.5) is 15.3 Å². The molecule has 0 aliphatic heterocycles. The Labute approximate surface area is 225 Å². The lowest BCUT2D eigenvalue weighted by Crippen LogP contribution is -2.27. The van der Waals surface area contributed by atoms with E-state index in [9.17, 15) is 9.18 Å². The number of anilines is 2. The van der Waals surface area contributed by atoms with E-state index in [2.05, 4.69) is 20.3 Å². The van der Waals surface area contributed by atoms with Crippen LogP contribution in [0.5, 0.6) is 0 Å². The van der Waals surface area contributed by atoms with Gasteiger partial charge in [-0.2, -0.15) is 5.10 Å². The van der Waals surface area contributed by atoms with Crippen LogP contribution in [0, 0.1) is 11.2 Å². The van der Waals surface area contributed by atoms with Gasteiger partial charge in [0.1, 0.15) is 29.1 Å². The standard InChI is InChI=1S/C27H24FN9OS/c1-13(2)37-17(9-15-5-4-6-18(28)21(15)25(37)30)11-36-26-22(24(29)31-12-32-26)23(35-36)16-7-8-19-20(10-16)39-27(34-19)33-14(3)38/h4-10,12-13,30H,11H2,1-3H3,(H2,29,31,32)(H,33,34,38). The number of aromatic nitrogens is 6. The second kappa shape index (κ2) is 9.24. The molecule has 4 heterocycles. The number of hydrogen-bond donors (Lipinski definition) is 3. The minimum atomic E-state index is -0.425. The van der Waals surface area contributed by atoms with Crippen LogP contribution in [0.3, 0.4) is 0 Å². The van der Waals surface area contributed by atoms with Gasteiger partial charge in [-0.15, -0.1) is 0 Å². The Balaban J connectivity index is 1.52. The third kappa shape index (κ3) is 4.18. The molecule has 12 heteroatoms. The summed E-state index contributed by atoms with van der Waals surface area (Å²) < 4.78 is 19.1. The summed E-state index contributed by atoms with van der Waals surface area (Å²) in [5, 5.41) is 18.5. The first-order valence-corrected chi connectivity index (χ1v) is 13.1. The smallest absolute Gasteiger partial charge is 0.223 e. The topological polar surface area (TPSA) is 140 Å². The zero-order valence-electron chi connectivity index (χ0n) is 21.4. The second-order valence-electron chi connectivity index (χ2n) is 9.50. The zero-order valence-corrected chi connectivity index (χ0v) is 22.2. The molecule has 0 atom stereocenters. The van der Waals surface area contributed by atoms with Crippen LogP contribution in [-0.4, -0.2) is 35.2 Å². The second-order valence-corrected chi connectivity index (χ2v) is 10.5. The van der Waals surface area contributed by atoms with Crippen LogP contribution in [0.2, 0.25) is 0 Å². The number of pyridine rings is 1. The van der Waals surface area contributed by atoms with Gasteiger partial charge in [-0.05, 0) is 43.5 Å². The van der Waals surface area contributed by atoms with E-state index in [0.717, 1.165) is 21.5 Å². The number of thiazole rings is 1. The number of amides is 1. The lowest BCUT2D eigenvalue weighted by molar-refractivity contribution is -0.114. The Kier molecular flexibility index (Phi) is 5.83. The number of carbonyl (C=O) groups is 1. The Morgan fingerprint density at radius 2 is 2.00 bits per heavy atom. The molecule has 10 nitrogen and oxygen atoms in total. The van der Waals surface area contributed by atoms with Gasteiger partial charge in [0.05, 0.1) is 27.5 Å². The fraction of sp³-hybridized carbons (Fsp3) is 0.185. The highest BCUT2D eigenvalue weighted by atomic mass is 32.1. The van der Waals surface area contributed by atoms with Gasteiger partial charge in [0.15, 0.2) is 10.8 Å². The summed E-state index contributed by atoms with van der Waals surface area (Å²) in [6, 6.07) is 12.3. The summed E-state index contributed by atoms with van der Waals surface area (Å²) >= 11 is 1.37. The molecule has 0 saturated heterocycles. The first-order chi connectivity index (χ1) is 18.7. The van der Waals surface area contributed by atoms with Gasteiger partial charge in [-0.25, -0.2) is 24.0 Å². The molecule has 0 unspecified atom stereocenters. The number of nitrogens with zero attached hydrogens (tertiary/aromatic N) is 6. The average Bonchev–Trinajstić information content (AvgIpc) is 3.44. The highest BCUT2D eigenvalue weighted by Crippen LogP contribution is 2.35. The highest BCUT2D eigenvalue weighted by Gasteiger charge is 2.20. The number of rotatable bonds is 5. The van der Waals surface area contributed by atoms with Crippen LogP contribution in [0.15, 0.2) is 48.8 Å². The summed E-state index contributed by atoms with van der Waals surface area (Å²) in [5.74, 6) is -0.316. The predicted octanol–water partition coefficient (Wildman–Crippen LogP) is 4.85. The first kappa shape index (κ1) is 24.6. The largest absolute Gasteiger partial charge is 0.383 e. The number of hydrogen-bond acceptors (Lipinski definition) is 8. The lowest BCUT2D eigenvalue weighted by Gasteiger charge is -2.19. The molecular weight excluding hydrogens is 517 g/mol. The number of halogens is 1. The number of nitrogens with two attached hydrogens (primary N) is 1. The number of benzene rings is 2. The molecule has 1 amide bonds. The van der Waals surface area contributed by atoms with Gasteiger partial charge < -0.3 is 15.6 Å². The molecule has 0 aliphatic carbocycles. The van der Waals surface area contributed by atoms with Crippen molar-refractivity contribution in [1.82, 2.24) is 29.3 Å². The quantitative estimate of drug-likeness (QED) is 0.285. The summed E-state index contributed by atoms with van der Waals surface area (Å²) in [6.07, 6.45) is 1.40. The Morgan fingerprint density at radius 1 is 1.18 bits per heavy atom. The summed E-state index contributed by atoms with van der Waals surface area (Å²) in [5.41, 5.74) is 9.91. The van der Waals surface area contributed by atoms with E-state index >= 15 is 0 Å². The van der Waals surface area contributed by atoms with Crippen LogP contribution in [0.1, 0.15) is 32.5 Å². The van der Waals surface area contributed by atoms with E-state index in [1.807, 2.05) is 38.1 Å². The minimum Gasteiger partial charge on any atom is -0.383 e. The molecule has 0 saturated carbocycles. The van der Waals surface area contributed by atoms with E-state index in [1.54, 1.807) is 21.4 Å². The van der Waals surface area contributed by atoms with Crippen molar-refractivity contribution in [2.75, 3.05) is 11.1 Å². The van der Waals surface area contributed by atoms with Crippen molar-refractivity contribution in [3.05, 3.63) is 65.8 Å². The van der Waals surface area contributed by atoms with Gasteiger partial charge >= 0.3 is 0 Å². The summed E-state index contributed by atoms with van der Waals surface area (Å²) in [4.78, 5) is 24.6. The number of fused-ring (bicyclic) bond motifs is 3. The zero-order chi connectivity index (χ0) is 27.4. The minimum absolute atomic E-state index is 0.0935. The van der Waals surface area contributed by atoms with Crippen LogP contribution < -0.4 is 16.5 Å². The lowest BCUT2D eigenvalue weighted by atomic mass is 10.1. The average molecular weight is 542 g/mol.